The number of ether oxygens (including phenoxy) is 1. The summed E-state index contributed by atoms with van der Waals surface area (Å²) in [6.07, 6.45) is 0. The molecule has 0 unspecified atom stereocenters. The van der Waals surface area contributed by atoms with Crippen molar-refractivity contribution >= 4 is 52.1 Å². The van der Waals surface area contributed by atoms with Crippen molar-refractivity contribution in [2.75, 3.05) is 17.7 Å². The summed E-state index contributed by atoms with van der Waals surface area (Å²) in [6, 6.07) is 11.7. The van der Waals surface area contributed by atoms with Gasteiger partial charge in [0.1, 0.15) is 5.75 Å². The van der Waals surface area contributed by atoms with Crippen molar-refractivity contribution < 1.29 is 14.3 Å². The van der Waals surface area contributed by atoms with Gasteiger partial charge in [0.2, 0.25) is 5.91 Å². The average Bonchev–Trinajstić information content (AvgIpc) is 2.55. The van der Waals surface area contributed by atoms with E-state index < -0.39 is 0 Å². The number of methoxy groups -OCH3 is 1. The van der Waals surface area contributed by atoms with E-state index in [4.69, 9.17) is 28.6 Å². The SMILES string of the molecule is COc1ccc(C(=O)Nc2ccc(NC(=S)NC(C)=O)cc2)cc1Cl. The summed E-state index contributed by atoms with van der Waals surface area (Å²) in [5.41, 5.74) is 1.71. The standard InChI is InChI=1S/C17H16ClN3O3S/c1-10(22)19-17(25)21-13-6-4-12(5-7-13)20-16(23)11-3-8-15(24-2)14(18)9-11/h3-9H,1-2H3,(H,20,23)(H2,19,21,22,25). The molecule has 0 aliphatic carbocycles. The number of hydrogen-bond acceptors (Lipinski definition) is 4. The quantitative estimate of drug-likeness (QED) is 0.711. The summed E-state index contributed by atoms with van der Waals surface area (Å²) in [4.78, 5) is 23.2. The second-order valence-corrected chi connectivity index (χ2v) is 5.83. The molecule has 25 heavy (non-hydrogen) atoms. The molecule has 2 rings (SSSR count). The van der Waals surface area contributed by atoms with E-state index in [-0.39, 0.29) is 16.9 Å². The van der Waals surface area contributed by atoms with Crippen LogP contribution in [0.2, 0.25) is 5.02 Å². The van der Waals surface area contributed by atoms with Gasteiger partial charge in [-0.3, -0.25) is 9.59 Å². The minimum Gasteiger partial charge on any atom is -0.495 e. The van der Waals surface area contributed by atoms with Crippen molar-refractivity contribution in [1.29, 1.82) is 0 Å². The summed E-state index contributed by atoms with van der Waals surface area (Å²) < 4.78 is 5.06. The Kier molecular flexibility index (Phi) is 6.32. The van der Waals surface area contributed by atoms with E-state index in [2.05, 4.69) is 16.0 Å². The predicted molar refractivity (Wildman–Crippen MR) is 102 cm³/mol. The van der Waals surface area contributed by atoms with Gasteiger partial charge >= 0.3 is 0 Å². The average molecular weight is 378 g/mol. The second kappa shape index (κ2) is 8.46. The topological polar surface area (TPSA) is 79.5 Å². The monoisotopic (exact) mass is 377 g/mol. The van der Waals surface area contributed by atoms with Gasteiger partial charge in [0.05, 0.1) is 12.1 Å². The molecule has 0 aromatic heterocycles. The Morgan fingerprint density at radius 3 is 2.16 bits per heavy atom. The molecular formula is C17H16ClN3O3S. The van der Waals surface area contributed by atoms with Crippen LogP contribution in [-0.2, 0) is 4.79 Å². The van der Waals surface area contributed by atoms with Gasteiger partial charge in [-0.15, -0.1) is 0 Å². The maximum atomic E-state index is 12.3. The Bertz CT molecular complexity index is 809. The lowest BCUT2D eigenvalue weighted by Gasteiger charge is -2.10. The summed E-state index contributed by atoms with van der Waals surface area (Å²) in [5, 5.41) is 8.66. The van der Waals surface area contributed by atoms with Crippen LogP contribution in [0, 0.1) is 0 Å². The fourth-order valence-corrected chi connectivity index (χ4v) is 2.49. The molecule has 0 radical (unpaired) electrons. The Labute approximate surface area is 155 Å². The first kappa shape index (κ1) is 18.7. The smallest absolute Gasteiger partial charge is 0.255 e. The number of carbonyl (C=O) groups is 2. The Morgan fingerprint density at radius 2 is 1.64 bits per heavy atom. The van der Waals surface area contributed by atoms with E-state index in [1.165, 1.54) is 20.1 Å². The van der Waals surface area contributed by atoms with Crippen LogP contribution in [0.25, 0.3) is 0 Å². The third kappa shape index (κ3) is 5.44. The van der Waals surface area contributed by atoms with E-state index in [0.717, 1.165) is 0 Å². The summed E-state index contributed by atoms with van der Waals surface area (Å²) >= 11 is 11.0. The molecule has 0 aliphatic rings. The van der Waals surface area contributed by atoms with E-state index >= 15 is 0 Å². The number of thiocarbonyl (C=S) groups is 1. The number of benzene rings is 2. The Hall–Kier alpha value is -2.64. The molecule has 2 amide bonds. The van der Waals surface area contributed by atoms with Gasteiger partial charge in [0.25, 0.3) is 5.91 Å². The zero-order valence-corrected chi connectivity index (χ0v) is 15.1. The van der Waals surface area contributed by atoms with Crippen LogP contribution in [0.3, 0.4) is 0 Å². The zero-order chi connectivity index (χ0) is 18.4. The van der Waals surface area contributed by atoms with Crippen molar-refractivity contribution in [3.05, 3.63) is 53.1 Å². The van der Waals surface area contributed by atoms with E-state index in [1.807, 2.05) is 0 Å². The minimum absolute atomic E-state index is 0.206. The van der Waals surface area contributed by atoms with Gasteiger partial charge in [0, 0.05) is 23.9 Å². The van der Waals surface area contributed by atoms with Gasteiger partial charge in [-0.2, -0.15) is 0 Å². The highest BCUT2D eigenvalue weighted by Crippen LogP contribution is 2.25. The van der Waals surface area contributed by atoms with Gasteiger partial charge < -0.3 is 20.7 Å². The van der Waals surface area contributed by atoms with Crippen LogP contribution in [0.1, 0.15) is 17.3 Å². The van der Waals surface area contributed by atoms with Crippen LogP contribution >= 0.6 is 23.8 Å². The number of nitrogens with one attached hydrogen (secondary N) is 3. The first-order valence-corrected chi connectivity index (χ1v) is 8.01. The highest BCUT2D eigenvalue weighted by Gasteiger charge is 2.09. The maximum absolute atomic E-state index is 12.3. The van der Waals surface area contributed by atoms with Gasteiger partial charge in [-0.1, -0.05) is 11.6 Å². The lowest BCUT2D eigenvalue weighted by molar-refractivity contribution is -0.117. The summed E-state index contributed by atoms with van der Waals surface area (Å²) in [7, 11) is 1.51. The number of amides is 2. The molecule has 8 heteroatoms. The van der Waals surface area contributed by atoms with Crippen molar-refractivity contribution in [1.82, 2.24) is 5.32 Å². The molecule has 0 bridgehead atoms. The van der Waals surface area contributed by atoms with Crippen LogP contribution in [0.5, 0.6) is 5.75 Å². The van der Waals surface area contributed by atoms with Crippen LogP contribution in [0.4, 0.5) is 11.4 Å². The van der Waals surface area contributed by atoms with E-state index in [0.29, 0.717) is 27.7 Å². The van der Waals surface area contributed by atoms with Gasteiger partial charge in [0.15, 0.2) is 5.11 Å². The van der Waals surface area contributed by atoms with Gasteiger partial charge in [-0.25, -0.2) is 0 Å². The van der Waals surface area contributed by atoms with Gasteiger partial charge in [-0.05, 0) is 54.7 Å². The first-order chi connectivity index (χ1) is 11.9. The summed E-state index contributed by atoms with van der Waals surface area (Å²) in [6.45, 7) is 1.37. The van der Waals surface area contributed by atoms with Crippen molar-refractivity contribution in [3.63, 3.8) is 0 Å². The lowest BCUT2D eigenvalue weighted by atomic mass is 10.2. The Morgan fingerprint density at radius 1 is 1.04 bits per heavy atom. The predicted octanol–water partition coefficient (Wildman–Crippen LogP) is 3.43. The molecule has 0 heterocycles. The zero-order valence-electron chi connectivity index (χ0n) is 13.6. The molecule has 0 saturated heterocycles. The molecule has 3 N–H and O–H groups in total. The molecule has 0 spiro atoms. The third-order valence-electron chi connectivity index (χ3n) is 3.10. The Balaban J connectivity index is 2.01. The second-order valence-electron chi connectivity index (χ2n) is 5.02. The highest BCUT2D eigenvalue weighted by molar-refractivity contribution is 7.80. The molecule has 130 valence electrons. The van der Waals surface area contributed by atoms with E-state index in [9.17, 15) is 9.59 Å². The summed E-state index contributed by atoms with van der Waals surface area (Å²) in [5.74, 6) is -0.0395. The lowest BCUT2D eigenvalue weighted by Crippen LogP contribution is -2.32. The van der Waals surface area contributed by atoms with Crippen LogP contribution < -0.4 is 20.7 Å². The number of rotatable bonds is 4. The molecule has 2 aromatic carbocycles. The molecule has 0 saturated carbocycles. The number of carbonyl (C=O) groups excluding carboxylic acids is 2. The van der Waals surface area contributed by atoms with Crippen molar-refractivity contribution in [2.24, 2.45) is 0 Å². The molecule has 2 aromatic rings. The van der Waals surface area contributed by atoms with Crippen LogP contribution in [0.15, 0.2) is 42.5 Å². The molecule has 6 nitrogen and oxygen atoms in total. The molecule has 0 aliphatic heterocycles. The largest absolute Gasteiger partial charge is 0.495 e. The molecule has 0 fully saturated rings. The first-order valence-electron chi connectivity index (χ1n) is 7.22. The van der Waals surface area contributed by atoms with Crippen molar-refractivity contribution in [2.45, 2.75) is 6.92 Å². The molecular weight excluding hydrogens is 362 g/mol. The highest BCUT2D eigenvalue weighted by atomic mass is 35.5. The fourth-order valence-electron chi connectivity index (χ4n) is 1.97. The third-order valence-corrected chi connectivity index (χ3v) is 3.60. The number of anilines is 2. The maximum Gasteiger partial charge on any atom is 0.255 e. The van der Waals surface area contributed by atoms with Crippen LogP contribution in [-0.4, -0.2) is 24.0 Å². The fraction of sp³-hybridized carbons (Fsp3) is 0.118. The normalized spacial score (nSPS) is 9.88. The number of halogens is 1. The molecule has 0 atom stereocenters. The van der Waals surface area contributed by atoms with Crippen molar-refractivity contribution in [3.8, 4) is 5.75 Å². The van der Waals surface area contributed by atoms with E-state index in [1.54, 1.807) is 36.4 Å². The minimum atomic E-state index is -0.293. The number of hydrogen-bond donors (Lipinski definition) is 3.